The lowest BCUT2D eigenvalue weighted by Crippen LogP contribution is -2.35. The molecule has 0 amide bonds. The van der Waals surface area contributed by atoms with Crippen LogP contribution in [0, 0.1) is 5.41 Å². The molecule has 0 spiro atoms. The topological polar surface area (TPSA) is 74.3 Å². The molecule has 0 radical (unpaired) electrons. The Morgan fingerprint density at radius 3 is 2.09 bits per heavy atom. The van der Waals surface area contributed by atoms with E-state index in [0.717, 1.165) is 79.3 Å². The molecular weight excluding hydrogens is 661 g/mol. The van der Waals surface area contributed by atoms with E-state index in [0.29, 0.717) is 5.84 Å². The molecule has 2 aromatic heterocycles. The SMILES string of the molecule is C=C/C=C\CC/C(=C\C=C)[C@H](C)NC(=NC(=N)c1ccccc1)c1cc(-c2ccc(-c3ccncc3)cc2)cc(-c2ccc3oc4ccccc4c3c2)c1. The van der Waals surface area contributed by atoms with Crippen molar-refractivity contribution in [1.82, 2.24) is 10.3 Å². The van der Waals surface area contributed by atoms with Gasteiger partial charge in [0.1, 0.15) is 17.0 Å². The Morgan fingerprint density at radius 1 is 0.704 bits per heavy atom. The zero-order chi connectivity index (χ0) is 37.3. The van der Waals surface area contributed by atoms with E-state index in [-0.39, 0.29) is 11.9 Å². The predicted octanol–water partition coefficient (Wildman–Crippen LogP) is 12.4. The Hall–Kier alpha value is -6.85. The Balaban J connectivity index is 1.37. The molecule has 0 aliphatic heterocycles. The third kappa shape index (κ3) is 8.11. The molecule has 2 heterocycles. The van der Waals surface area contributed by atoms with Gasteiger partial charge in [0, 0.05) is 40.3 Å². The van der Waals surface area contributed by atoms with Crippen molar-refractivity contribution in [3.05, 3.63) is 200 Å². The maximum Gasteiger partial charge on any atom is 0.154 e. The van der Waals surface area contributed by atoms with Gasteiger partial charge in [0.15, 0.2) is 5.84 Å². The first kappa shape index (κ1) is 35.5. The highest BCUT2D eigenvalue weighted by atomic mass is 16.3. The van der Waals surface area contributed by atoms with Gasteiger partial charge in [0.2, 0.25) is 0 Å². The minimum Gasteiger partial charge on any atom is -0.456 e. The second kappa shape index (κ2) is 16.7. The Bertz CT molecular complexity index is 2520. The van der Waals surface area contributed by atoms with Gasteiger partial charge in [-0.25, -0.2) is 4.99 Å². The van der Waals surface area contributed by atoms with E-state index in [9.17, 15) is 0 Å². The van der Waals surface area contributed by atoms with Crippen LogP contribution in [0.4, 0.5) is 0 Å². The number of rotatable bonds is 12. The van der Waals surface area contributed by atoms with Gasteiger partial charge >= 0.3 is 0 Å². The fraction of sp³-hybridized carbons (Fsp3) is 0.0816. The van der Waals surface area contributed by atoms with E-state index in [2.05, 4.69) is 103 Å². The van der Waals surface area contributed by atoms with Crippen LogP contribution >= 0.6 is 0 Å². The molecule has 2 N–H and O–H groups in total. The summed E-state index contributed by atoms with van der Waals surface area (Å²) in [6.45, 7) is 9.93. The molecule has 0 unspecified atom stereocenters. The van der Waals surface area contributed by atoms with Crippen LogP contribution in [-0.2, 0) is 0 Å². The van der Waals surface area contributed by atoms with E-state index < -0.39 is 0 Å². The lowest BCUT2D eigenvalue weighted by molar-refractivity contribution is 0.669. The minimum absolute atomic E-state index is 0.0946. The monoisotopic (exact) mass is 702 g/mol. The number of amidine groups is 2. The van der Waals surface area contributed by atoms with Crippen LogP contribution in [-0.4, -0.2) is 22.7 Å². The van der Waals surface area contributed by atoms with Crippen molar-refractivity contribution in [2.75, 3.05) is 0 Å². The quantitative estimate of drug-likeness (QED) is 0.0756. The molecule has 0 saturated heterocycles. The van der Waals surface area contributed by atoms with Gasteiger partial charge in [0.05, 0.1) is 0 Å². The molecule has 5 aromatic carbocycles. The molecule has 264 valence electrons. The molecule has 5 nitrogen and oxygen atoms in total. The summed E-state index contributed by atoms with van der Waals surface area (Å²) in [5.41, 5.74) is 10.9. The fourth-order valence-corrected chi connectivity index (χ4v) is 6.69. The van der Waals surface area contributed by atoms with Crippen LogP contribution in [0.1, 0.15) is 30.9 Å². The minimum atomic E-state index is -0.0946. The summed E-state index contributed by atoms with van der Waals surface area (Å²) in [4.78, 5) is 9.19. The van der Waals surface area contributed by atoms with Crippen molar-refractivity contribution < 1.29 is 4.42 Å². The molecule has 0 aliphatic rings. The van der Waals surface area contributed by atoms with Crippen LogP contribution in [0.25, 0.3) is 55.3 Å². The number of para-hydroxylation sites is 1. The molecule has 5 heteroatoms. The largest absolute Gasteiger partial charge is 0.456 e. The normalized spacial score (nSPS) is 12.6. The number of furan rings is 1. The first-order valence-electron chi connectivity index (χ1n) is 18.2. The number of hydrogen-bond acceptors (Lipinski definition) is 3. The first-order chi connectivity index (χ1) is 26.5. The van der Waals surface area contributed by atoms with Gasteiger partial charge in [-0.1, -0.05) is 122 Å². The highest BCUT2D eigenvalue weighted by Gasteiger charge is 2.17. The van der Waals surface area contributed by atoms with Crippen molar-refractivity contribution in [3.8, 4) is 33.4 Å². The number of pyridine rings is 1. The van der Waals surface area contributed by atoms with Crippen molar-refractivity contribution >= 4 is 33.6 Å². The fourth-order valence-electron chi connectivity index (χ4n) is 6.69. The van der Waals surface area contributed by atoms with Crippen LogP contribution in [0.5, 0.6) is 0 Å². The number of allylic oxidation sites excluding steroid dienone is 5. The van der Waals surface area contributed by atoms with Gasteiger partial charge in [-0.05, 0) is 107 Å². The number of aliphatic imine (C=N–C) groups is 1. The zero-order valence-corrected chi connectivity index (χ0v) is 30.4. The molecule has 0 fully saturated rings. The van der Waals surface area contributed by atoms with Crippen LogP contribution in [0.2, 0.25) is 0 Å². The average molecular weight is 703 g/mol. The molecule has 54 heavy (non-hydrogen) atoms. The van der Waals surface area contributed by atoms with E-state index >= 15 is 0 Å². The van der Waals surface area contributed by atoms with E-state index in [1.165, 1.54) is 5.57 Å². The summed E-state index contributed by atoms with van der Waals surface area (Å²) >= 11 is 0. The van der Waals surface area contributed by atoms with E-state index in [4.69, 9.17) is 14.8 Å². The number of aromatic nitrogens is 1. The summed E-state index contributed by atoms with van der Waals surface area (Å²) in [5.74, 6) is 0.785. The molecule has 0 aliphatic carbocycles. The van der Waals surface area contributed by atoms with Gasteiger partial charge in [-0.2, -0.15) is 0 Å². The summed E-state index contributed by atoms with van der Waals surface area (Å²) < 4.78 is 6.18. The summed E-state index contributed by atoms with van der Waals surface area (Å²) in [6.07, 6.45) is 15.1. The zero-order valence-electron chi connectivity index (χ0n) is 30.4. The predicted molar refractivity (Wildman–Crippen MR) is 227 cm³/mol. The lowest BCUT2D eigenvalue weighted by atomic mass is 9.93. The maximum absolute atomic E-state index is 9.10. The van der Waals surface area contributed by atoms with Gasteiger partial charge in [-0.3, -0.25) is 10.4 Å². The number of hydrogen-bond donors (Lipinski definition) is 2. The molecule has 1 atom stereocenters. The smallest absolute Gasteiger partial charge is 0.154 e. The van der Waals surface area contributed by atoms with Crippen molar-refractivity contribution in [2.24, 2.45) is 4.99 Å². The number of nitrogens with zero attached hydrogens (tertiary/aromatic N) is 2. The average Bonchev–Trinajstić information content (AvgIpc) is 3.60. The number of fused-ring (bicyclic) bond motifs is 3. The lowest BCUT2D eigenvalue weighted by Gasteiger charge is -2.21. The summed E-state index contributed by atoms with van der Waals surface area (Å²) in [5, 5.41) is 15.0. The summed E-state index contributed by atoms with van der Waals surface area (Å²) in [6, 6.07) is 43.3. The van der Waals surface area contributed by atoms with Gasteiger partial charge in [-0.15, -0.1) is 0 Å². The van der Waals surface area contributed by atoms with Crippen LogP contribution in [0.15, 0.2) is 198 Å². The Labute approximate surface area is 317 Å². The molecule has 7 aromatic rings. The highest BCUT2D eigenvalue weighted by molar-refractivity contribution is 6.12. The Kier molecular flexibility index (Phi) is 11.0. The van der Waals surface area contributed by atoms with Gasteiger partial charge in [0.25, 0.3) is 0 Å². The Morgan fingerprint density at radius 2 is 1.35 bits per heavy atom. The van der Waals surface area contributed by atoms with Gasteiger partial charge < -0.3 is 9.73 Å². The molecule has 0 bridgehead atoms. The molecular formula is C49H42N4O. The van der Waals surface area contributed by atoms with E-state index in [1.54, 1.807) is 6.08 Å². The standard InChI is InChI=1S/C49H42N4O/c1-4-6-7-9-15-35(14-5-2)34(3)52-49(53-48(50)39-16-10-8-11-17-39)43-31-41(37-22-20-36(21-23-37)38-26-28-51-29-27-38)30-42(32-43)40-24-25-47-45(33-40)44-18-12-13-19-46(44)54-47/h4-8,10-14,16-34H,1-2,9,15H2,3H3,(H2,50,52,53)/b7-6-,35-14+/t34-/m0/s1. The maximum atomic E-state index is 9.10. The van der Waals surface area contributed by atoms with Crippen LogP contribution < -0.4 is 5.32 Å². The second-order valence-corrected chi connectivity index (χ2v) is 13.1. The van der Waals surface area contributed by atoms with Crippen LogP contribution in [0.3, 0.4) is 0 Å². The van der Waals surface area contributed by atoms with Crippen molar-refractivity contribution in [3.63, 3.8) is 0 Å². The number of benzene rings is 5. The molecule has 0 saturated carbocycles. The summed E-state index contributed by atoms with van der Waals surface area (Å²) in [7, 11) is 0. The molecule has 7 rings (SSSR count). The van der Waals surface area contributed by atoms with E-state index in [1.807, 2.05) is 91.3 Å². The third-order valence-electron chi connectivity index (χ3n) is 9.53. The van der Waals surface area contributed by atoms with Crippen molar-refractivity contribution in [2.45, 2.75) is 25.8 Å². The third-order valence-corrected chi connectivity index (χ3v) is 9.53. The second-order valence-electron chi connectivity index (χ2n) is 13.1. The van der Waals surface area contributed by atoms with Crippen molar-refractivity contribution in [1.29, 1.82) is 5.41 Å². The first-order valence-corrected chi connectivity index (χ1v) is 18.2. The number of nitrogens with one attached hydrogen (secondary N) is 2. The highest BCUT2D eigenvalue weighted by Crippen LogP contribution is 2.35.